The van der Waals surface area contributed by atoms with E-state index < -0.39 is 11.5 Å². The number of Topliss-reactive ketones (excluding diaryl/α,β-unsaturated/α-hetero) is 1. The Morgan fingerprint density at radius 3 is 2.56 bits per heavy atom. The summed E-state index contributed by atoms with van der Waals surface area (Å²) in [5.74, 6) is -0.653. The summed E-state index contributed by atoms with van der Waals surface area (Å²) < 4.78 is 0. The summed E-state index contributed by atoms with van der Waals surface area (Å²) >= 11 is 0. The van der Waals surface area contributed by atoms with Crippen molar-refractivity contribution in [3.63, 3.8) is 0 Å². The maximum Gasteiger partial charge on any atom is 0.136 e. The van der Waals surface area contributed by atoms with Crippen molar-refractivity contribution in [1.82, 2.24) is 0 Å². The van der Waals surface area contributed by atoms with Gasteiger partial charge in [0.05, 0.1) is 5.92 Å². The van der Waals surface area contributed by atoms with Crippen molar-refractivity contribution in [2.24, 2.45) is 5.92 Å². The second kappa shape index (κ2) is 3.22. The van der Waals surface area contributed by atoms with E-state index in [1.807, 2.05) is 0 Å². The minimum Gasteiger partial charge on any atom is -0.508 e. The van der Waals surface area contributed by atoms with Crippen LogP contribution in [0.3, 0.4) is 0 Å². The van der Waals surface area contributed by atoms with Crippen LogP contribution in [0.1, 0.15) is 24.5 Å². The first-order valence-electron chi connectivity index (χ1n) is 5.12. The van der Waals surface area contributed by atoms with Crippen LogP contribution in [0.15, 0.2) is 12.1 Å². The highest BCUT2D eigenvalue weighted by Crippen LogP contribution is 2.55. The van der Waals surface area contributed by atoms with Gasteiger partial charge in [-0.05, 0) is 38.0 Å². The normalized spacial score (nSPS) is 27.8. The zero-order valence-corrected chi connectivity index (χ0v) is 9.19. The fourth-order valence-electron chi connectivity index (χ4n) is 2.12. The Labute approximate surface area is 93.2 Å². The zero-order chi connectivity index (χ0) is 12.1. The monoisotopic (exact) mass is 222 g/mol. The third-order valence-electron chi connectivity index (χ3n) is 3.17. The molecule has 1 aromatic rings. The average molecular weight is 222 g/mol. The van der Waals surface area contributed by atoms with Gasteiger partial charge in [0.25, 0.3) is 0 Å². The van der Waals surface area contributed by atoms with Crippen LogP contribution in [0, 0.1) is 12.8 Å². The predicted molar refractivity (Wildman–Crippen MR) is 57.2 cm³/mol. The van der Waals surface area contributed by atoms with E-state index in [9.17, 15) is 20.1 Å². The first kappa shape index (κ1) is 11.0. The molecule has 1 aliphatic carbocycles. The predicted octanol–water partition coefficient (Wildman–Crippen LogP) is 1.20. The van der Waals surface area contributed by atoms with Gasteiger partial charge in [-0.15, -0.1) is 0 Å². The number of aromatic hydroxyl groups is 2. The quantitative estimate of drug-likeness (QED) is 0.657. The minimum atomic E-state index is -1.31. The number of phenols is 2. The maximum atomic E-state index is 11.2. The summed E-state index contributed by atoms with van der Waals surface area (Å²) in [5.41, 5.74) is -0.581. The number of rotatable bonds is 2. The van der Waals surface area contributed by atoms with E-state index in [1.54, 1.807) is 6.92 Å². The Morgan fingerprint density at radius 1 is 1.44 bits per heavy atom. The molecule has 0 aliphatic heterocycles. The number of benzene rings is 1. The Balaban J connectivity index is 2.47. The standard InChI is InChI=1S/C12H14O4/c1-6-3-8(14)4-9(11(6)15)12(16)5-10(12)7(2)13/h3-4,10,14-16H,5H2,1-2H3. The number of hydrogen-bond acceptors (Lipinski definition) is 4. The molecule has 2 atom stereocenters. The van der Waals surface area contributed by atoms with E-state index in [0.29, 0.717) is 12.0 Å². The van der Waals surface area contributed by atoms with Gasteiger partial charge in [0.1, 0.15) is 22.9 Å². The van der Waals surface area contributed by atoms with Gasteiger partial charge in [-0.1, -0.05) is 0 Å². The summed E-state index contributed by atoms with van der Waals surface area (Å²) in [6.07, 6.45) is 0.304. The molecular weight excluding hydrogens is 208 g/mol. The highest BCUT2D eigenvalue weighted by Gasteiger charge is 2.58. The molecule has 1 saturated carbocycles. The molecular formula is C12H14O4. The van der Waals surface area contributed by atoms with Crippen molar-refractivity contribution in [2.75, 3.05) is 0 Å². The van der Waals surface area contributed by atoms with Crippen molar-refractivity contribution in [1.29, 1.82) is 0 Å². The summed E-state index contributed by atoms with van der Waals surface area (Å²) in [4.78, 5) is 11.2. The molecule has 0 saturated heterocycles. The molecule has 0 spiro atoms. The van der Waals surface area contributed by atoms with Crippen molar-refractivity contribution < 1.29 is 20.1 Å². The van der Waals surface area contributed by atoms with Gasteiger partial charge in [-0.3, -0.25) is 4.79 Å². The Kier molecular flexibility index (Phi) is 2.20. The molecule has 3 N–H and O–H groups in total. The zero-order valence-electron chi connectivity index (χ0n) is 9.19. The first-order chi connectivity index (χ1) is 7.36. The van der Waals surface area contributed by atoms with Crippen LogP contribution < -0.4 is 0 Å². The SMILES string of the molecule is CC(=O)C1CC1(O)c1cc(O)cc(C)c1O. The second-order valence-corrected chi connectivity index (χ2v) is 4.45. The van der Waals surface area contributed by atoms with Crippen molar-refractivity contribution in [2.45, 2.75) is 25.9 Å². The average Bonchev–Trinajstić information content (AvgIpc) is 2.86. The van der Waals surface area contributed by atoms with E-state index in [1.165, 1.54) is 19.1 Å². The molecule has 0 aromatic heterocycles. The molecule has 4 nitrogen and oxygen atoms in total. The highest BCUT2D eigenvalue weighted by molar-refractivity contribution is 5.83. The van der Waals surface area contributed by atoms with Gasteiger partial charge in [0, 0.05) is 5.56 Å². The minimum absolute atomic E-state index is 0.0204. The molecule has 0 bridgehead atoms. The van der Waals surface area contributed by atoms with Gasteiger partial charge in [0.15, 0.2) is 0 Å². The smallest absolute Gasteiger partial charge is 0.136 e. The molecule has 2 unspecified atom stereocenters. The summed E-state index contributed by atoms with van der Waals surface area (Å²) in [5, 5.41) is 29.4. The van der Waals surface area contributed by atoms with Gasteiger partial charge in [0.2, 0.25) is 0 Å². The van der Waals surface area contributed by atoms with Crippen LogP contribution in [0.5, 0.6) is 11.5 Å². The Bertz CT molecular complexity index is 466. The van der Waals surface area contributed by atoms with Crippen molar-refractivity contribution in [3.05, 3.63) is 23.3 Å². The van der Waals surface area contributed by atoms with Gasteiger partial charge < -0.3 is 15.3 Å². The number of aryl methyl sites for hydroxylation is 1. The summed E-state index contributed by atoms with van der Waals surface area (Å²) in [6.45, 7) is 3.04. The largest absolute Gasteiger partial charge is 0.508 e. The summed E-state index contributed by atoms with van der Waals surface area (Å²) in [6, 6.07) is 2.72. The molecule has 1 aliphatic rings. The van der Waals surface area contributed by atoms with Crippen LogP contribution in [0.2, 0.25) is 0 Å². The Morgan fingerprint density at radius 2 is 2.06 bits per heavy atom. The van der Waals surface area contributed by atoms with Crippen LogP contribution in [-0.2, 0) is 10.4 Å². The fraction of sp³-hybridized carbons (Fsp3) is 0.417. The number of phenolic OH excluding ortho intramolecular Hbond substituents is 2. The maximum absolute atomic E-state index is 11.2. The highest BCUT2D eigenvalue weighted by atomic mass is 16.3. The second-order valence-electron chi connectivity index (χ2n) is 4.45. The lowest BCUT2D eigenvalue weighted by Crippen LogP contribution is -2.13. The molecule has 4 heteroatoms. The molecule has 0 amide bonds. The molecule has 2 rings (SSSR count). The molecule has 0 radical (unpaired) electrons. The number of carbonyl (C=O) groups is 1. The van der Waals surface area contributed by atoms with Crippen LogP contribution in [0.25, 0.3) is 0 Å². The van der Waals surface area contributed by atoms with Crippen molar-refractivity contribution in [3.8, 4) is 11.5 Å². The van der Waals surface area contributed by atoms with E-state index in [4.69, 9.17) is 0 Å². The van der Waals surface area contributed by atoms with E-state index >= 15 is 0 Å². The Hall–Kier alpha value is -1.55. The topological polar surface area (TPSA) is 77.8 Å². The number of hydrogen-bond donors (Lipinski definition) is 3. The molecule has 16 heavy (non-hydrogen) atoms. The van der Waals surface area contributed by atoms with E-state index in [-0.39, 0.29) is 22.8 Å². The molecule has 0 heterocycles. The lowest BCUT2D eigenvalue weighted by Gasteiger charge is -2.14. The molecule has 86 valence electrons. The molecule has 1 aromatic carbocycles. The van der Waals surface area contributed by atoms with Crippen molar-refractivity contribution >= 4 is 5.78 Å². The van der Waals surface area contributed by atoms with E-state index in [2.05, 4.69) is 0 Å². The van der Waals surface area contributed by atoms with Gasteiger partial charge in [-0.25, -0.2) is 0 Å². The number of carbonyl (C=O) groups excluding carboxylic acids is 1. The summed E-state index contributed by atoms with van der Waals surface area (Å²) in [7, 11) is 0. The van der Waals surface area contributed by atoms with Gasteiger partial charge in [-0.2, -0.15) is 0 Å². The number of ketones is 1. The van der Waals surface area contributed by atoms with Crippen LogP contribution in [-0.4, -0.2) is 21.1 Å². The molecule has 1 fully saturated rings. The number of aliphatic hydroxyl groups is 1. The lowest BCUT2D eigenvalue weighted by atomic mass is 10.00. The third kappa shape index (κ3) is 1.46. The lowest BCUT2D eigenvalue weighted by molar-refractivity contribution is -0.119. The first-order valence-corrected chi connectivity index (χ1v) is 5.12. The van der Waals surface area contributed by atoms with Crippen LogP contribution in [0.4, 0.5) is 0 Å². The van der Waals surface area contributed by atoms with Gasteiger partial charge >= 0.3 is 0 Å². The third-order valence-corrected chi connectivity index (χ3v) is 3.17. The van der Waals surface area contributed by atoms with Crippen LogP contribution >= 0.6 is 0 Å². The van der Waals surface area contributed by atoms with E-state index in [0.717, 1.165) is 0 Å². The fourth-order valence-corrected chi connectivity index (χ4v) is 2.12.